The van der Waals surface area contributed by atoms with E-state index in [1.54, 1.807) is 34.9 Å². The summed E-state index contributed by atoms with van der Waals surface area (Å²) >= 11 is 6.00. The maximum absolute atomic E-state index is 13.4. The lowest BCUT2D eigenvalue weighted by Crippen LogP contribution is -2.26. The third-order valence-electron chi connectivity index (χ3n) is 5.47. The molecule has 6 heteroatoms. The summed E-state index contributed by atoms with van der Waals surface area (Å²) in [6.07, 6.45) is 2.09. The molecule has 1 aliphatic rings. The Hall–Kier alpha value is -3.44. The van der Waals surface area contributed by atoms with Gasteiger partial charge in [-0.15, -0.1) is 0 Å². The van der Waals surface area contributed by atoms with E-state index in [1.807, 2.05) is 42.5 Å². The molecule has 0 atom stereocenters. The maximum Gasteiger partial charge on any atom is 0.261 e. The number of carbonyl (C=O) groups excluding carboxylic acids is 1. The topological polar surface area (TPSA) is 64.0 Å². The van der Waals surface area contributed by atoms with Gasteiger partial charge in [-0.2, -0.15) is 0 Å². The minimum Gasteiger partial charge on any atom is -0.322 e. The first-order valence-corrected chi connectivity index (χ1v) is 10.6. The second-order valence-electron chi connectivity index (χ2n) is 7.81. The number of fused-ring (bicyclic) bond motifs is 1. The van der Waals surface area contributed by atoms with Crippen LogP contribution in [0.3, 0.4) is 0 Å². The number of hydrogen-bond donors (Lipinski definition) is 1. The Labute approximate surface area is 184 Å². The second kappa shape index (κ2) is 8.00. The predicted octanol–water partition coefficient (Wildman–Crippen LogP) is 5.23. The van der Waals surface area contributed by atoms with E-state index in [4.69, 9.17) is 16.6 Å². The molecule has 0 aliphatic heterocycles. The Kier molecular flexibility index (Phi) is 5.04. The van der Waals surface area contributed by atoms with Gasteiger partial charge in [0, 0.05) is 22.2 Å². The van der Waals surface area contributed by atoms with Crippen molar-refractivity contribution in [1.29, 1.82) is 0 Å². The molecule has 0 bridgehead atoms. The molecule has 1 amide bonds. The van der Waals surface area contributed by atoms with Crippen LogP contribution in [-0.4, -0.2) is 15.5 Å². The summed E-state index contributed by atoms with van der Waals surface area (Å²) in [5.41, 5.74) is 2.67. The van der Waals surface area contributed by atoms with Gasteiger partial charge < -0.3 is 5.32 Å². The molecule has 0 saturated heterocycles. The molecule has 0 spiro atoms. The number of nitrogens with zero attached hydrogens (tertiary/aromatic N) is 2. The number of benzene rings is 3. The Balaban J connectivity index is 1.53. The number of carbonyl (C=O) groups is 1. The van der Waals surface area contributed by atoms with E-state index in [2.05, 4.69) is 5.32 Å². The summed E-state index contributed by atoms with van der Waals surface area (Å²) in [7, 11) is 0. The fourth-order valence-electron chi connectivity index (χ4n) is 3.69. The Bertz CT molecular complexity index is 1330. The zero-order valence-electron chi connectivity index (χ0n) is 16.7. The fourth-order valence-corrected chi connectivity index (χ4v) is 3.81. The molecular weight excluding hydrogens is 410 g/mol. The van der Waals surface area contributed by atoms with Gasteiger partial charge in [0.1, 0.15) is 5.82 Å². The molecule has 4 aromatic rings. The first-order chi connectivity index (χ1) is 15.1. The number of nitrogens with one attached hydrogen (secondary N) is 1. The van der Waals surface area contributed by atoms with Crippen molar-refractivity contribution in [2.75, 3.05) is 5.32 Å². The summed E-state index contributed by atoms with van der Waals surface area (Å²) in [4.78, 5) is 30.8. The molecule has 154 valence electrons. The normalized spacial score (nSPS) is 13.3. The van der Waals surface area contributed by atoms with E-state index in [-0.39, 0.29) is 11.5 Å². The van der Waals surface area contributed by atoms with Crippen molar-refractivity contribution < 1.29 is 4.79 Å². The van der Waals surface area contributed by atoms with Crippen molar-refractivity contribution in [3.63, 3.8) is 0 Å². The molecule has 1 N–H and O–H groups in total. The maximum atomic E-state index is 13.4. The number of hydrogen-bond acceptors (Lipinski definition) is 3. The van der Waals surface area contributed by atoms with E-state index in [0.29, 0.717) is 39.6 Å². The van der Waals surface area contributed by atoms with E-state index >= 15 is 0 Å². The van der Waals surface area contributed by atoms with Crippen LogP contribution in [0.1, 0.15) is 40.5 Å². The molecule has 3 aromatic carbocycles. The lowest BCUT2D eigenvalue weighted by atomic mass is 10.1. The van der Waals surface area contributed by atoms with Crippen LogP contribution in [0.2, 0.25) is 5.02 Å². The van der Waals surface area contributed by atoms with Crippen molar-refractivity contribution in [1.82, 2.24) is 9.55 Å². The van der Waals surface area contributed by atoms with E-state index in [1.165, 1.54) is 0 Å². The van der Waals surface area contributed by atoms with Gasteiger partial charge in [0.25, 0.3) is 11.5 Å². The highest BCUT2D eigenvalue weighted by Crippen LogP contribution is 2.39. The van der Waals surface area contributed by atoms with Gasteiger partial charge in [0.05, 0.1) is 17.4 Å². The van der Waals surface area contributed by atoms with Crippen molar-refractivity contribution in [2.24, 2.45) is 0 Å². The van der Waals surface area contributed by atoms with Gasteiger partial charge in [-0.3, -0.25) is 14.2 Å². The number of amides is 1. The Morgan fingerprint density at radius 3 is 2.48 bits per heavy atom. The minimum atomic E-state index is -0.219. The zero-order valence-corrected chi connectivity index (χ0v) is 17.5. The van der Waals surface area contributed by atoms with Gasteiger partial charge in [0.2, 0.25) is 0 Å². The van der Waals surface area contributed by atoms with E-state index in [0.717, 1.165) is 24.2 Å². The quantitative estimate of drug-likeness (QED) is 0.472. The van der Waals surface area contributed by atoms with Crippen LogP contribution in [0.4, 0.5) is 5.69 Å². The summed E-state index contributed by atoms with van der Waals surface area (Å²) < 4.78 is 1.76. The van der Waals surface area contributed by atoms with Crippen molar-refractivity contribution in [3.05, 3.63) is 105 Å². The Morgan fingerprint density at radius 2 is 1.77 bits per heavy atom. The highest BCUT2D eigenvalue weighted by atomic mass is 35.5. The molecule has 5 nitrogen and oxygen atoms in total. The van der Waals surface area contributed by atoms with Crippen LogP contribution in [-0.2, 0) is 6.54 Å². The summed E-state index contributed by atoms with van der Waals surface area (Å²) in [5.74, 6) is 0.930. The second-order valence-corrected chi connectivity index (χ2v) is 8.25. The predicted molar refractivity (Wildman–Crippen MR) is 123 cm³/mol. The van der Waals surface area contributed by atoms with Gasteiger partial charge in [0.15, 0.2) is 0 Å². The van der Waals surface area contributed by atoms with Crippen molar-refractivity contribution in [2.45, 2.75) is 25.3 Å². The number of aromatic nitrogens is 2. The van der Waals surface area contributed by atoms with Crippen LogP contribution in [0.5, 0.6) is 0 Å². The number of anilines is 1. The molecule has 1 aliphatic carbocycles. The van der Waals surface area contributed by atoms with Crippen LogP contribution in [0, 0.1) is 0 Å². The molecular formula is C25H20ClN3O2. The van der Waals surface area contributed by atoms with Gasteiger partial charge in [-0.25, -0.2) is 4.98 Å². The lowest BCUT2D eigenvalue weighted by molar-refractivity contribution is 0.102. The van der Waals surface area contributed by atoms with Gasteiger partial charge >= 0.3 is 0 Å². The first kappa shape index (κ1) is 19.5. The molecule has 0 unspecified atom stereocenters. The SMILES string of the molecule is O=C(Nc1ccc2nc(C3CC3)n(Cc3ccc(Cl)cc3)c(=O)c2c1)c1ccccc1. The standard InChI is InChI=1S/C25H20ClN3O2/c26-19-10-6-16(7-11-19)15-29-23(17-8-9-17)28-22-13-12-20(14-21(22)25(29)31)27-24(30)18-4-2-1-3-5-18/h1-7,10-14,17H,8-9,15H2,(H,27,30). The molecule has 5 rings (SSSR count). The van der Waals surface area contributed by atoms with Gasteiger partial charge in [-0.1, -0.05) is 41.9 Å². The highest BCUT2D eigenvalue weighted by Gasteiger charge is 2.29. The molecule has 1 fully saturated rings. The fraction of sp³-hybridized carbons (Fsp3) is 0.160. The van der Waals surface area contributed by atoms with Crippen LogP contribution in [0.15, 0.2) is 77.6 Å². The van der Waals surface area contributed by atoms with E-state index < -0.39 is 0 Å². The molecule has 31 heavy (non-hydrogen) atoms. The first-order valence-electron chi connectivity index (χ1n) is 10.2. The van der Waals surface area contributed by atoms with Crippen molar-refractivity contribution >= 4 is 34.1 Å². The molecule has 1 aromatic heterocycles. The average Bonchev–Trinajstić information content (AvgIpc) is 3.63. The van der Waals surface area contributed by atoms with Crippen LogP contribution < -0.4 is 10.9 Å². The van der Waals surface area contributed by atoms with Crippen molar-refractivity contribution in [3.8, 4) is 0 Å². The summed E-state index contributed by atoms with van der Waals surface area (Å²) in [6, 6.07) is 21.8. The lowest BCUT2D eigenvalue weighted by Gasteiger charge is -2.14. The highest BCUT2D eigenvalue weighted by molar-refractivity contribution is 6.30. The molecule has 1 saturated carbocycles. The van der Waals surface area contributed by atoms with Crippen LogP contribution in [0.25, 0.3) is 10.9 Å². The third kappa shape index (κ3) is 4.09. The Morgan fingerprint density at radius 1 is 1.03 bits per heavy atom. The number of rotatable bonds is 5. The van der Waals surface area contributed by atoms with E-state index in [9.17, 15) is 9.59 Å². The van der Waals surface area contributed by atoms with Gasteiger partial charge in [-0.05, 0) is 60.9 Å². The zero-order chi connectivity index (χ0) is 21.4. The average molecular weight is 430 g/mol. The monoisotopic (exact) mass is 429 g/mol. The molecule has 1 heterocycles. The smallest absolute Gasteiger partial charge is 0.261 e. The number of halogens is 1. The summed E-state index contributed by atoms with van der Waals surface area (Å²) in [6.45, 7) is 0.436. The third-order valence-corrected chi connectivity index (χ3v) is 5.73. The van der Waals surface area contributed by atoms with Crippen LogP contribution >= 0.6 is 11.6 Å². The summed E-state index contributed by atoms with van der Waals surface area (Å²) in [5, 5.41) is 4.02. The molecule has 0 radical (unpaired) electrons. The largest absolute Gasteiger partial charge is 0.322 e. The minimum absolute atomic E-state index is 0.0994.